The molecular formula is C12H16O4. The predicted octanol–water partition coefficient (Wildman–Crippen LogP) is 1.95. The van der Waals surface area contributed by atoms with Gasteiger partial charge in [0, 0.05) is 12.7 Å². The van der Waals surface area contributed by atoms with Crippen molar-refractivity contribution in [2.45, 2.75) is 19.4 Å². The number of carboxylic acids is 1. The van der Waals surface area contributed by atoms with Crippen molar-refractivity contribution in [3.63, 3.8) is 0 Å². The van der Waals surface area contributed by atoms with E-state index in [0.717, 1.165) is 5.56 Å². The van der Waals surface area contributed by atoms with E-state index in [1.165, 1.54) is 21.1 Å². The van der Waals surface area contributed by atoms with Crippen molar-refractivity contribution in [2.24, 2.45) is 0 Å². The van der Waals surface area contributed by atoms with E-state index in [2.05, 4.69) is 0 Å². The summed E-state index contributed by atoms with van der Waals surface area (Å²) in [6.45, 7) is 3.40. The summed E-state index contributed by atoms with van der Waals surface area (Å²) in [4.78, 5) is 11.3. The van der Waals surface area contributed by atoms with Gasteiger partial charge < -0.3 is 14.6 Å². The zero-order valence-corrected chi connectivity index (χ0v) is 9.90. The number of benzene rings is 1. The number of methoxy groups -OCH3 is 2. The summed E-state index contributed by atoms with van der Waals surface area (Å²) < 4.78 is 10.3. The van der Waals surface area contributed by atoms with Crippen LogP contribution in [0.25, 0.3) is 0 Å². The molecule has 1 rings (SSSR count). The van der Waals surface area contributed by atoms with Gasteiger partial charge in [0.25, 0.3) is 0 Å². The maximum Gasteiger partial charge on any atom is 0.340 e. The first kappa shape index (κ1) is 12.5. The SMILES string of the molecule is COc1ccc(C)cc1C(C)(OC)C(=O)O. The van der Waals surface area contributed by atoms with Gasteiger partial charge in [-0.25, -0.2) is 4.79 Å². The molecule has 88 valence electrons. The molecule has 16 heavy (non-hydrogen) atoms. The highest BCUT2D eigenvalue weighted by Gasteiger charge is 2.37. The molecular weight excluding hydrogens is 208 g/mol. The number of hydrogen-bond donors (Lipinski definition) is 1. The van der Waals surface area contributed by atoms with Gasteiger partial charge >= 0.3 is 5.97 Å². The fraction of sp³-hybridized carbons (Fsp3) is 0.417. The zero-order valence-electron chi connectivity index (χ0n) is 9.90. The van der Waals surface area contributed by atoms with Gasteiger partial charge in [0.15, 0.2) is 5.60 Å². The molecule has 0 radical (unpaired) electrons. The van der Waals surface area contributed by atoms with Crippen molar-refractivity contribution in [1.29, 1.82) is 0 Å². The van der Waals surface area contributed by atoms with E-state index < -0.39 is 11.6 Å². The maximum atomic E-state index is 11.3. The van der Waals surface area contributed by atoms with Crippen LogP contribution in [0.1, 0.15) is 18.1 Å². The standard InChI is InChI=1S/C12H16O4/c1-8-5-6-10(15-3)9(7-8)12(2,16-4)11(13)14/h5-7H,1-4H3,(H,13,14). The molecule has 4 heteroatoms. The Bertz CT molecular complexity index is 400. The van der Waals surface area contributed by atoms with Gasteiger partial charge in [-0.2, -0.15) is 0 Å². The Balaban J connectivity index is 3.39. The Hall–Kier alpha value is -1.55. The van der Waals surface area contributed by atoms with Crippen LogP contribution in [0.2, 0.25) is 0 Å². The number of ether oxygens (including phenoxy) is 2. The molecule has 0 aromatic heterocycles. The smallest absolute Gasteiger partial charge is 0.340 e. The van der Waals surface area contributed by atoms with Crippen LogP contribution in [0.3, 0.4) is 0 Å². The second kappa shape index (κ2) is 4.53. The van der Waals surface area contributed by atoms with Crippen LogP contribution in [0.15, 0.2) is 18.2 Å². The molecule has 1 aromatic rings. The second-order valence-corrected chi connectivity index (χ2v) is 3.75. The molecule has 0 saturated heterocycles. The zero-order chi connectivity index (χ0) is 12.3. The van der Waals surface area contributed by atoms with Crippen molar-refractivity contribution in [1.82, 2.24) is 0 Å². The van der Waals surface area contributed by atoms with E-state index in [0.29, 0.717) is 11.3 Å². The molecule has 1 N–H and O–H groups in total. The average Bonchev–Trinajstić information content (AvgIpc) is 2.27. The van der Waals surface area contributed by atoms with Crippen molar-refractivity contribution in [3.05, 3.63) is 29.3 Å². The molecule has 1 aromatic carbocycles. The van der Waals surface area contributed by atoms with Gasteiger partial charge in [-0.1, -0.05) is 11.6 Å². The lowest BCUT2D eigenvalue weighted by molar-refractivity contribution is -0.161. The molecule has 1 atom stereocenters. The minimum atomic E-state index is -1.39. The molecule has 0 aliphatic rings. The topological polar surface area (TPSA) is 55.8 Å². The summed E-state index contributed by atoms with van der Waals surface area (Å²) in [5.41, 5.74) is 0.0856. The molecule has 0 heterocycles. The van der Waals surface area contributed by atoms with Gasteiger partial charge in [0.1, 0.15) is 5.75 Å². The Kier molecular flexibility index (Phi) is 3.55. The highest BCUT2D eigenvalue weighted by molar-refractivity contribution is 5.80. The lowest BCUT2D eigenvalue weighted by Crippen LogP contribution is -2.34. The molecule has 1 unspecified atom stereocenters. The molecule has 0 bridgehead atoms. The van der Waals surface area contributed by atoms with Gasteiger partial charge in [-0.3, -0.25) is 0 Å². The van der Waals surface area contributed by atoms with Crippen molar-refractivity contribution in [3.8, 4) is 5.75 Å². The van der Waals surface area contributed by atoms with Crippen LogP contribution >= 0.6 is 0 Å². The van der Waals surface area contributed by atoms with Gasteiger partial charge in [0.05, 0.1) is 7.11 Å². The minimum absolute atomic E-state index is 0.511. The molecule has 0 fully saturated rings. The van der Waals surface area contributed by atoms with Crippen molar-refractivity contribution in [2.75, 3.05) is 14.2 Å². The number of aliphatic carboxylic acids is 1. The molecule has 0 aliphatic heterocycles. The number of rotatable bonds is 4. The lowest BCUT2D eigenvalue weighted by Gasteiger charge is -2.25. The van der Waals surface area contributed by atoms with Crippen LogP contribution in [0.4, 0.5) is 0 Å². The van der Waals surface area contributed by atoms with Crippen LogP contribution < -0.4 is 4.74 Å². The fourth-order valence-electron chi connectivity index (χ4n) is 1.51. The summed E-state index contributed by atoms with van der Waals surface area (Å²) in [7, 11) is 2.88. The summed E-state index contributed by atoms with van der Waals surface area (Å²) in [5.74, 6) is -0.531. The molecule has 0 aliphatic carbocycles. The van der Waals surface area contributed by atoms with E-state index in [-0.39, 0.29) is 0 Å². The number of carbonyl (C=O) groups is 1. The van der Waals surface area contributed by atoms with Crippen molar-refractivity contribution < 1.29 is 19.4 Å². The lowest BCUT2D eigenvalue weighted by atomic mass is 9.93. The largest absolute Gasteiger partial charge is 0.496 e. The van der Waals surface area contributed by atoms with Gasteiger partial charge in [-0.05, 0) is 26.0 Å². The predicted molar refractivity (Wildman–Crippen MR) is 59.7 cm³/mol. The monoisotopic (exact) mass is 224 g/mol. The third-order valence-corrected chi connectivity index (χ3v) is 2.69. The number of carboxylic acid groups (broad SMARTS) is 1. The summed E-state index contributed by atoms with van der Waals surface area (Å²) in [6.07, 6.45) is 0. The second-order valence-electron chi connectivity index (χ2n) is 3.75. The Morgan fingerprint density at radius 2 is 2.00 bits per heavy atom. The third kappa shape index (κ3) is 2.02. The van der Waals surface area contributed by atoms with Crippen LogP contribution in [-0.2, 0) is 15.1 Å². The van der Waals surface area contributed by atoms with Gasteiger partial charge in [-0.15, -0.1) is 0 Å². The summed E-state index contributed by atoms with van der Waals surface area (Å²) in [5, 5.41) is 9.22. The average molecular weight is 224 g/mol. The minimum Gasteiger partial charge on any atom is -0.496 e. The Morgan fingerprint density at radius 1 is 1.38 bits per heavy atom. The normalized spacial score (nSPS) is 14.2. The first-order valence-corrected chi connectivity index (χ1v) is 4.89. The van der Waals surface area contributed by atoms with E-state index >= 15 is 0 Å². The highest BCUT2D eigenvalue weighted by atomic mass is 16.5. The maximum absolute atomic E-state index is 11.3. The van der Waals surface area contributed by atoms with Gasteiger partial charge in [0.2, 0.25) is 0 Å². The highest BCUT2D eigenvalue weighted by Crippen LogP contribution is 2.33. The van der Waals surface area contributed by atoms with E-state index in [1.807, 2.05) is 13.0 Å². The van der Waals surface area contributed by atoms with E-state index in [1.54, 1.807) is 12.1 Å². The molecule has 0 saturated carbocycles. The van der Waals surface area contributed by atoms with Crippen LogP contribution in [0, 0.1) is 6.92 Å². The number of aryl methyl sites for hydroxylation is 1. The third-order valence-electron chi connectivity index (χ3n) is 2.69. The summed E-state index contributed by atoms with van der Waals surface area (Å²) >= 11 is 0. The number of hydrogen-bond acceptors (Lipinski definition) is 3. The Morgan fingerprint density at radius 3 is 2.44 bits per heavy atom. The van der Waals surface area contributed by atoms with Crippen LogP contribution in [-0.4, -0.2) is 25.3 Å². The quantitative estimate of drug-likeness (QED) is 0.849. The van der Waals surface area contributed by atoms with Crippen molar-refractivity contribution >= 4 is 5.97 Å². The van der Waals surface area contributed by atoms with E-state index in [4.69, 9.17) is 9.47 Å². The first-order chi connectivity index (χ1) is 7.45. The van der Waals surface area contributed by atoms with E-state index in [9.17, 15) is 9.90 Å². The summed E-state index contributed by atoms with van der Waals surface area (Å²) in [6, 6.07) is 5.36. The molecule has 4 nitrogen and oxygen atoms in total. The van der Waals surface area contributed by atoms with Crippen LogP contribution in [0.5, 0.6) is 5.75 Å². The molecule has 0 amide bonds. The fourth-order valence-corrected chi connectivity index (χ4v) is 1.51. The molecule has 0 spiro atoms. The Labute approximate surface area is 94.8 Å². The first-order valence-electron chi connectivity index (χ1n) is 4.89.